The molecule has 20 heavy (non-hydrogen) atoms. The number of aromatic nitrogens is 5. The number of rotatable bonds is 4. The SMILES string of the molecule is CNc1nc(Sc2nncs2)nc(N2CCCCC2)n1. The fraction of sp³-hybridized carbons (Fsp3) is 0.545. The van der Waals surface area contributed by atoms with Crippen molar-refractivity contribution in [3.63, 3.8) is 0 Å². The predicted molar refractivity (Wildman–Crippen MR) is 79.5 cm³/mol. The van der Waals surface area contributed by atoms with Crippen LogP contribution in [-0.2, 0) is 0 Å². The van der Waals surface area contributed by atoms with E-state index in [0.29, 0.717) is 11.1 Å². The van der Waals surface area contributed by atoms with Gasteiger partial charge in [-0.15, -0.1) is 10.2 Å². The molecule has 3 rings (SSSR count). The van der Waals surface area contributed by atoms with Gasteiger partial charge >= 0.3 is 0 Å². The highest BCUT2D eigenvalue weighted by atomic mass is 32.2. The van der Waals surface area contributed by atoms with E-state index in [1.807, 2.05) is 7.05 Å². The van der Waals surface area contributed by atoms with Crippen LogP contribution in [0.4, 0.5) is 11.9 Å². The van der Waals surface area contributed by atoms with E-state index in [-0.39, 0.29) is 0 Å². The Morgan fingerprint density at radius 1 is 1.20 bits per heavy atom. The molecule has 1 aliphatic rings. The van der Waals surface area contributed by atoms with Gasteiger partial charge in [-0.2, -0.15) is 15.0 Å². The van der Waals surface area contributed by atoms with Crippen molar-refractivity contribution in [3.05, 3.63) is 5.51 Å². The van der Waals surface area contributed by atoms with Crippen LogP contribution in [0.3, 0.4) is 0 Å². The molecule has 2 aromatic rings. The van der Waals surface area contributed by atoms with Crippen molar-refractivity contribution < 1.29 is 0 Å². The molecule has 0 atom stereocenters. The lowest BCUT2D eigenvalue weighted by molar-refractivity contribution is 0.565. The Morgan fingerprint density at radius 2 is 2.05 bits per heavy atom. The smallest absolute Gasteiger partial charge is 0.231 e. The summed E-state index contributed by atoms with van der Waals surface area (Å²) in [5.74, 6) is 1.34. The summed E-state index contributed by atoms with van der Waals surface area (Å²) in [6.07, 6.45) is 3.67. The fourth-order valence-corrected chi connectivity index (χ4v) is 3.35. The Bertz CT molecular complexity index is 554. The zero-order valence-corrected chi connectivity index (χ0v) is 12.7. The normalized spacial score (nSPS) is 15.3. The predicted octanol–water partition coefficient (Wildman–Crippen LogP) is 1.91. The standard InChI is InChI=1S/C11H15N7S2/c1-12-8-14-9(18-5-3-2-4-6-18)16-10(15-8)20-11-17-13-7-19-11/h7H,2-6H2,1H3,(H,12,14,15,16). The van der Waals surface area contributed by atoms with Crippen molar-refractivity contribution in [1.82, 2.24) is 25.1 Å². The molecule has 7 nitrogen and oxygen atoms in total. The van der Waals surface area contributed by atoms with E-state index in [2.05, 4.69) is 35.4 Å². The first-order chi connectivity index (χ1) is 9.85. The van der Waals surface area contributed by atoms with Crippen molar-refractivity contribution in [3.8, 4) is 0 Å². The molecule has 0 saturated carbocycles. The number of anilines is 2. The number of hydrogen-bond acceptors (Lipinski definition) is 9. The van der Waals surface area contributed by atoms with E-state index >= 15 is 0 Å². The molecular weight excluding hydrogens is 294 g/mol. The molecule has 0 amide bonds. The van der Waals surface area contributed by atoms with Crippen LogP contribution >= 0.6 is 23.1 Å². The maximum Gasteiger partial charge on any atom is 0.231 e. The van der Waals surface area contributed by atoms with Crippen LogP contribution in [0.1, 0.15) is 19.3 Å². The topological polar surface area (TPSA) is 79.7 Å². The molecule has 9 heteroatoms. The largest absolute Gasteiger partial charge is 0.357 e. The summed E-state index contributed by atoms with van der Waals surface area (Å²) in [6, 6.07) is 0. The van der Waals surface area contributed by atoms with Crippen molar-refractivity contribution in [2.24, 2.45) is 0 Å². The lowest BCUT2D eigenvalue weighted by Gasteiger charge is -2.26. The zero-order chi connectivity index (χ0) is 13.8. The summed E-state index contributed by atoms with van der Waals surface area (Å²) in [5.41, 5.74) is 1.70. The summed E-state index contributed by atoms with van der Waals surface area (Å²) in [7, 11) is 1.81. The van der Waals surface area contributed by atoms with Gasteiger partial charge in [-0.3, -0.25) is 0 Å². The van der Waals surface area contributed by atoms with Crippen LogP contribution in [0.2, 0.25) is 0 Å². The molecule has 0 spiro atoms. The Balaban J connectivity index is 1.85. The van der Waals surface area contributed by atoms with Gasteiger partial charge in [0.25, 0.3) is 0 Å². The number of piperidine rings is 1. The zero-order valence-electron chi connectivity index (χ0n) is 11.1. The summed E-state index contributed by atoms with van der Waals surface area (Å²) >= 11 is 2.90. The molecule has 0 aromatic carbocycles. The van der Waals surface area contributed by atoms with E-state index in [1.165, 1.54) is 42.4 Å². The lowest BCUT2D eigenvalue weighted by atomic mass is 10.1. The molecule has 1 fully saturated rings. The molecule has 1 aliphatic heterocycles. The summed E-state index contributed by atoms with van der Waals surface area (Å²) in [4.78, 5) is 15.6. The van der Waals surface area contributed by atoms with Gasteiger partial charge in [-0.05, 0) is 31.0 Å². The molecule has 1 saturated heterocycles. The van der Waals surface area contributed by atoms with E-state index < -0.39 is 0 Å². The number of nitrogens with one attached hydrogen (secondary N) is 1. The van der Waals surface area contributed by atoms with Crippen LogP contribution in [-0.4, -0.2) is 45.3 Å². The Kier molecular flexibility index (Phi) is 4.26. The third kappa shape index (κ3) is 3.15. The van der Waals surface area contributed by atoms with E-state index in [1.54, 1.807) is 5.51 Å². The second-order valence-electron chi connectivity index (χ2n) is 4.35. The lowest BCUT2D eigenvalue weighted by Crippen LogP contribution is -2.31. The quantitative estimate of drug-likeness (QED) is 0.917. The molecule has 0 aliphatic carbocycles. The molecule has 1 N–H and O–H groups in total. The minimum absolute atomic E-state index is 0.590. The van der Waals surface area contributed by atoms with Gasteiger partial charge in [0.15, 0.2) is 4.34 Å². The molecule has 106 valence electrons. The summed E-state index contributed by atoms with van der Waals surface area (Å²) in [6.45, 7) is 2.02. The number of hydrogen-bond donors (Lipinski definition) is 1. The van der Waals surface area contributed by atoms with Gasteiger partial charge in [0.2, 0.25) is 17.1 Å². The van der Waals surface area contributed by atoms with Gasteiger partial charge in [-0.25, -0.2) is 0 Å². The van der Waals surface area contributed by atoms with Crippen molar-refractivity contribution in [2.75, 3.05) is 30.4 Å². The Morgan fingerprint density at radius 3 is 2.75 bits per heavy atom. The molecular formula is C11H15N7S2. The first-order valence-electron chi connectivity index (χ1n) is 6.48. The second-order valence-corrected chi connectivity index (χ2v) is 6.39. The van der Waals surface area contributed by atoms with E-state index in [9.17, 15) is 0 Å². The maximum atomic E-state index is 4.55. The molecule has 0 bridgehead atoms. The maximum absolute atomic E-state index is 4.55. The van der Waals surface area contributed by atoms with Gasteiger partial charge in [0.05, 0.1) is 0 Å². The van der Waals surface area contributed by atoms with Gasteiger partial charge in [0, 0.05) is 20.1 Å². The average molecular weight is 309 g/mol. The van der Waals surface area contributed by atoms with Crippen LogP contribution in [0.25, 0.3) is 0 Å². The Hall–Kier alpha value is -1.48. The second kappa shape index (κ2) is 6.31. The average Bonchev–Trinajstić information content (AvgIpc) is 3.00. The summed E-state index contributed by atoms with van der Waals surface area (Å²) in [5, 5.41) is 11.5. The van der Waals surface area contributed by atoms with Gasteiger partial charge < -0.3 is 10.2 Å². The van der Waals surface area contributed by atoms with E-state index in [4.69, 9.17) is 0 Å². The van der Waals surface area contributed by atoms with Crippen LogP contribution in [0, 0.1) is 0 Å². The van der Waals surface area contributed by atoms with Crippen LogP contribution < -0.4 is 10.2 Å². The fourth-order valence-electron chi connectivity index (χ4n) is 2.02. The third-order valence-corrected chi connectivity index (χ3v) is 4.63. The first-order valence-corrected chi connectivity index (χ1v) is 8.17. The molecule has 2 aromatic heterocycles. The molecule has 0 unspecified atom stereocenters. The van der Waals surface area contributed by atoms with Crippen LogP contribution in [0.15, 0.2) is 15.0 Å². The highest BCUT2D eigenvalue weighted by molar-refractivity contribution is 8.00. The van der Waals surface area contributed by atoms with Crippen LogP contribution in [0.5, 0.6) is 0 Å². The monoisotopic (exact) mass is 309 g/mol. The number of nitrogens with zero attached hydrogens (tertiary/aromatic N) is 6. The highest BCUT2D eigenvalue weighted by Crippen LogP contribution is 2.27. The van der Waals surface area contributed by atoms with Crippen molar-refractivity contribution in [1.29, 1.82) is 0 Å². The third-order valence-electron chi connectivity index (χ3n) is 2.98. The van der Waals surface area contributed by atoms with Crippen molar-refractivity contribution >= 4 is 35.0 Å². The highest BCUT2D eigenvalue weighted by Gasteiger charge is 2.16. The minimum atomic E-state index is 0.590. The molecule has 0 radical (unpaired) electrons. The van der Waals surface area contributed by atoms with Crippen molar-refractivity contribution in [2.45, 2.75) is 28.8 Å². The van der Waals surface area contributed by atoms with Gasteiger partial charge in [0.1, 0.15) is 5.51 Å². The first kappa shape index (κ1) is 13.5. The Labute approximate surface area is 125 Å². The van der Waals surface area contributed by atoms with Gasteiger partial charge in [-0.1, -0.05) is 11.3 Å². The van der Waals surface area contributed by atoms with E-state index in [0.717, 1.165) is 23.4 Å². The molecule has 3 heterocycles. The summed E-state index contributed by atoms with van der Waals surface area (Å²) < 4.78 is 0.836. The minimum Gasteiger partial charge on any atom is -0.357 e.